The van der Waals surface area contributed by atoms with Crippen LogP contribution in [0, 0.1) is 0 Å². The first-order chi connectivity index (χ1) is 9.04. The number of pyridine rings is 1. The molecule has 0 bridgehead atoms. The highest BCUT2D eigenvalue weighted by Crippen LogP contribution is 2.32. The summed E-state index contributed by atoms with van der Waals surface area (Å²) in [4.78, 5) is 15.5. The summed E-state index contributed by atoms with van der Waals surface area (Å²) in [5.74, 6) is -0.619. The van der Waals surface area contributed by atoms with Gasteiger partial charge in [0.1, 0.15) is 5.52 Å². The van der Waals surface area contributed by atoms with Gasteiger partial charge in [-0.1, -0.05) is 12.1 Å². The molecule has 0 radical (unpaired) electrons. The molecule has 7 heteroatoms. The second-order valence-electron chi connectivity index (χ2n) is 3.51. The lowest BCUT2D eigenvalue weighted by Gasteiger charge is -2.10. The molecular weight excluding hydrogens is 324 g/mol. The number of para-hydroxylation sites is 1. The molecule has 100 valence electrons. The van der Waals surface area contributed by atoms with Crippen LogP contribution in [0.15, 0.2) is 28.9 Å². The van der Waals surface area contributed by atoms with Gasteiger partial charge in [-0.15, -0.1) is 0 Å². The predicted octanol–water partition coefficient (Wildman–Crippen LogP) is 3.39. The van der Waals surface area contributed by atoms with E-state index in [0.29, 0.717) is 9.86 Å². The number of rotatable bonds is 3. The maximum atomic E-state index is 12.3. The monoisotopic (exact) mass is 331 g/mol. The maximum absolute atomic E-state index is 12.3. The van der Waals surface area contributed by atoms with E-state index >= 15 is 0 Å². The van der Waals surface area contributed by atoms with Crippen LogP contribution < -0.4 is 4.74 Å². The minimum atomic E-state index is -2.94. The molecular formula is C12H8BrF2NO3. The van der Waals surface area contributed by atoms with Crippen LogP contribution in [0.3, 0.4) is 0 Å². The fourth-order valence-corrected chi connectivity index (χ4v) is 2.19. The summed E-state index contributed by atoms with van der Waals surface area (Å²) in [5, 5.41) is 0.487. The van der Waals surface area contributed by atoms with Crippen LogP contribution in [0.25, 0.3) is 10.9 Å². The van der Waals surface area contributed by atoms with Gasteiger partial charge >= 0.3 is 12.6 Å². The van der Waals surface area contributed by atoms with Gasteiger partial charge in [-0.05, 0) is 22.0 Å². The van der Waals surface area contributed by atoms with E-state index in [1.807, 2.05) is 0 Å². The number of nitrogens with zero attached hydrogens (tertiary/aromatic N) is 1. The van der Waals surface area contributed by atoms with Crippen LogP contribution in [0.5, 0.6) is 5.75 Å². The molecule has 0 saturated heterocycles. The molecule has 0 aliphatic rings. The minimum Gasteiger partial charge on any atom is -0.465 e. The fraction of sp³-hybridized carbons (Fsp3) is 0.167. The third-order valence-electron chi connectivity index (χ3n) is 2.42. The summed E-state index contributed by atoms with van der Waals surface area (Å²) in [5.41, 5.74) is 0.450. The van der Waals surface area contributed by atoms with Crippen LogP contribution in [-0.2, 0) is 4.74 Å². The number of hydrogen-bond donors (Lipinski definition) is 0. The van der Waals surface area contributed by atoms with Crippen molar-refractivity contribution in [2.75, 3.05) is 7.11 Å². The Balaban J connectivity index is 2.62. The zero-order valence-electron chi connectivity index (χ0n) is 9.69. The average Bonchev–Trinajstić information content (AvgIpc) is 2.38. The van der Waals surface area contributed by atoms with Gasteiger partial charge in [-0.2, -0.15) is 8.78 Å². The number of benzene rings is 1. The number of halogens is 3. The van der Waals surface area contributed by atoms with Gasteiger partial charge in [0, 0.05) is 16.1 Å². The van der Waals surface area contributed by atoms with E-state index in [4.69, 9.17) is 0 Å². The largest absolute Gasteiger partial charge is 0.465 e. The Labute approximate surface area is 115 Å². The smallest absolute Gasteiger partial charge is 0.387 e. The van der Waals surface area contributed by atoms with Gasteiger partial charge in [0.25, 0.3) is 0 Å². The average molecular weight is 332 g/mol. The summed E-state index contributed by atoms with van der Waals surface area (Å²) >= 11 is 3.24. The summed E-state index contributed by atoms with van der Waals surface area (Å²) in [6, 6.07) is 4.55. The predicted molar refractivity (Wildman–Crippen MR) is 67.4 cm³/mol. The standard InChI is InChI=1S/C12H8BrF2NO3/c1-18-11(17)7-5-16-10-6(9(7)13)3-2-4-8(10)19-12(14)15/h2-5,12H,1H3. The first-order valence-electron chi connectivity index (χ1n) is 5.15. The molecule has 0 fully saturated rings. The first kappa shape index (κ1) is 13.7. The van der Waals surface area contributed by atoms with Crippen molar-refractivity contribution < 1.29 is 23.0 Å². The highest BCUT2D eigenvalue weighted by atomic mass is 79.9. The van der Waals surface area contributed by atoms with Crippen molar-refractivity contribution in [1.82, 2.24) is 4.98 Å². The number of alkyl halides is 2. The number of carbonyl (C=O) groups excluding carboxylic acids is 1. The van der Waals surface area contributed by atoms with Gasteiger partial charge in [0.15, 0.2) is 5.75 Å². The summed E-state index contributed by atoms with van der Waals surface area (Å²) < 4.78 is 33.9. The number of esters is 1. The van der Waals surface area contributed by atoms with Crippen molar-refractivity contribution >= 4 is 32.8 Å². The van der Waals surface area contributed by atoms with Crippen LogP contribution >= 0.6 is 15.9 Å². The molecule has 1 heterocycles. The topological polar surface area (TPSA) is 48.4 Å². The third kappa shape index (κ3) is 2.65. The van der Waals surface area contributed by atoms with Crippen LogP contribution in [0.4, 0.5) is 8.78 Å². The van der Waals surface area contributed by atoms with Crippen molar-refractivity contribution in [3.8, 4) is 5.75 Å². The van der Waals surface area contributed by atoms with Crippen LogP contribution in [-0.4, -0.2) is 24.7 Å². The molecule has 1 aromatic carbocycles. The number of carbonyl (C=O) groups is 1. The molecule has 0 aliphatic heterocycles. The van der Waals surface area contributed by atoms with E-state index in [0.717, 1.165) is 0 Å². The van der Waals surface area contributed by atoms with E-state index in [2.05, 4.69) is 30.4 Å². The Morgan fingerprint density at radius 1 is 1.42 bits per heavy atom. The number of hydrogen-bond acceptors (Lipinski definition) is 4. The van der Waals surface area contributed by atoms with Crippen molar-refractivity contribution in [2.45, 2.75) is 6.61 Å². The van der Waals surface area contributed by atoms with Crippen molar-refractivity contribution in [1.29, 1.82) is 0 Å². The lowest BCUT2D eigenvalue weighted by Crippen LogP contribution is -2.05. The Hall–Kier alpha value is -1.76. The first-order valence-corrected chi connectivity index (χ1v) is 5.94. The van der Waals surface area contributed by atoms with Gasteiger partial charge < -0.3 is 9.47 Å². The lowest BCUT2D eigenvalue weighted by atomic mass is 10.1. The fourth-order valence-electron chi connectivity index (χ4n) is 1.61. The van der Waals surface area contributed by atoms with Crippen molar-refractivity contribution in [3.63, 3.8) is 0 Å². The molecule has 1 aromatic heterocycles. The highest BCUT2D eigenvalue weighted by Gasteiger charge is 2.17. The van der Waals surface area contributed by atoms with E-state index in [9.17, 15) is 13.6 Å². The highest BCUT2D eigenvalue weighted by molar-refractivity contribution is 9.10. The maximum Gasteiger partial charge on any atom is 0.387 e. The second kappa shape index (κ2) is 5.48. The SMILES string of the molecule is COC(=O)c1cnc2c(OC(F)F)cccc2c1Br. The Morgan fingerprint density at radius 3 is 2.79 bits per heavy atom. The molecule has 0 amide bonds. The summed E-state index contributed by atoms with van der Waals surface area (Å²) in [6.45, 7) is -2.94. The van der Waals surface area contributed by atoms with E-state index < -0.39 is 12.6 Å². The lowest BCUT2D eigenvalue weighted by molar-refractivity contribution is -0.0489. The van der Waals surface area contributed by atoms with Crippen molar-refractivity contribution in [2.24, 2.45) is 0 Å². The zero-order valence-corrected chi connectivity index (χ0v) is 11.3. The normalized spacial score (nSPS) is 10.8. The van der Waals surface area contributed by atoms with Crippen LogP contribution in [0.1, 0.15) is 10.4 Å². The molecule has 0 N–H and O–H groups in total. The molecule has 0 atom stereocenters. The number of methoxy groups -OCH3 is 1. The molecule has 0 unspecified atom stereocenters. The molecule has 2 aromatic rings. The van der Waals surface area contributed by atoms with E-state index in [1.165, 1.54) is 25.4 Å². The van der Waals surface area contributed by atoms with E-state index in [1.54, 1.807) is 6.07 Å². The Bertz CT molecular complexity index is 634. The van der Waals surface area contributed by atoms with Crippen molar-refractivity contribution in [3.05, 3.63) is 34.4 Å². The van der Waals surface area contributed by atoms with Crippen LogP contribution in [0.2, 0.25) is 0 Å². The third-order valence-corrected chi connectivity index (χ3v) is 3.27. The summed E-state index contributed by atoms with van der Waals surface area (Å²) in [6.07, 6.45) is 1.25. The van der Waals surface area contributed by atoms with Gasteiger partial charge in [0.2, 0.25) is 0 Å². The minimum absolute atomic E-state index is 0.0513. The molecule has 0 aliphatic carbocycles. The zero-order chi connectivity index (χ0) is 14.0. The Morgan fingerprint density at radius 2 is 2.16 bits per heavy atom. The molecule has 0 saturated carbocycles. The number of fused-ring (bicyclic) bond motifs is 1. The van der Waals surface area contributed by atoms with Gasteiger partial charge in [-0.25, -0.2) is 4.79 Å². The molecule has 19 heavy (non-hydrogen) atoms. The summed E-state index contributed by atoms with van der Waals surface area (Å²) in [7, 11) is 1.25. The van der Waals surface area contributed by atoms with E-state index in [-0.39, 0.29) is 16.8 Å². The number of ether oxygens (including phenoxy) is 2. The molecule has 0 spiro atoms. The Kier molecular flexibility index (Phi) is 3.94. The molecule has 2 rings (SSSR count). The number of aromatic nitrogens is 1. The molecule has 4 nitrogen and oxygen atoms in total. The van der Waals surface area contributed by atoms with Gasteiger partial charge in [-0.3, -0.25) is 4.98 Å². The quantitative estimate of drug-likeness (QED) is 0.809. The van der Waals surface area contributed by atoms with Gasteiger partial charge in [0.05, 0.1) is 12.7 Å². The second-order valence-corrected chi connectivity index (χ2v) is 4.30.